The lowest BCUT2D eigenvalue weighted by Crippen LogP contribution is -2.33. The summed E-state index contributed by atoms with van der Waals surface area (Å²) in [6.45, 7) is 4.78. The average Bonchev–Trinajstić information content (AvgIpc) is 2.79. The molecule has 1 aromatic heterocycles. The van der Waals surface area contributed by atoms with Gasteiger partial charge in [0.1, 0.15) is 5.52 Å². The van der Waals surface area contributed by atoms with Gasteiger partial charge >= 0.3 is 0 Å². The van der Waals surface area contributed by atoms with Crippen LogP contribution in [0.15, 0.2) is 22.6 Å². The summed E-state index contributed by atoms with van der Waals surface area (Å²) in [5.41, 5.74) is 8.21. The molecule has 2 aromatic rings. The van der Waals surface area contributed by atoms with Crippen molar-refractivity contribution in [3.05, 3.63) is 18.2 Å². The second kappa shape index (κ2) is 4.74. The van der Waals surface area contributed by atoms with E-state index in [-0.39, 0.29) is 5.41 Å². The minimum Gasteiger partial charge on any atom is -0.423 e. The number of anilines is 2. The van der Waals surface area contributed by atoms with Crippen molar-refractivity contribution < 1.29 is 9.15 Å². The van der Waals surface area contributed by atoms with E-state index >= 15 is 0 Å². The van der Waals surface area contributed by atoms with Crippen LogP contribution in [0.5, 0.6) is 0 Å². The molecule has 0 saturated carbocycles. The number of rotatable bonds is 3. The first-order chi connectivity index (χ1) is 9.15. The topological polar surface area (TPSA) is 73.3 Å². The summed E-state index contributed by atoms with van der Waals surface area (Å²) in [6, 6.07) is 6.06. The number of hydrogen-bond acceptors (Lipinski definition) is 5. The number of nitrogens with zero attached hydrogens (tertiary/aromatic N) is 1. The highest BCUT2D eigenvalue weighted by molar-refractivity contribution is 5.78. The van der Waals surface area contributed by atoms with Gasteiger partial charge in [0.15, 0.2) is 5.58 Å². The maximum absolute atomic E-state index is 5.72. The van der Waals surface area contributed by atoms with Crippen LogP contribution >= 0.6 is 0 Å². The van der Waals surface area contributed by atoms with Crippen LogP contribution < -0.4 is 11.1 Å². The van der Waals surface area contributed by atoms with Gasteiger partial charge in [0.25, 0.3) is 6.01 Å². The lowest BCUT2D eigenvalue weighted by atomic mass is 9.82. The molecule has 5 nitrogen and oxygen atoms in total. The summed E-state index contributed by atoms with van der Waals surface area (Å²) in [5, 5.41) is 3.29. The predicted molar refractivity (Wildman–Crippen MR) is 75.1 cm³/mol. The molecule has 0 bridgehead atoms. The second-order valence-corrected chi connectivity index (χ2v) is 5.52. The van der Waals surface area contributed by atoms with Crippen molar-refractivity contribution >= 4 is 22.8 Å². The fraction of sp³-hybridized carbons (Fsp3) is 0.500. The lowest BCUT2D eigenvalue weighted by Gasteiger charge is -2.33. The van der Waals surface area contributed by atoms with E-state index in [2.05, 4.69) is 17.2 Å². The van der Waals surface area contributed by atoms with Crippen LogP contribution in [0.2, 0.25) is 0 Å². The monoisotopic (exact) mass is 261 g/mol. The normalized spacial score (nSPS) is 18.6. The summed E-state index contributed by atoms with van der Waals surface area (Å²) >= 11 is 0. The number of hydrogen-bond donors (Lipinski definition) is 2. The van der Waals surface area contributed by atoms with Crippen LogP contribution in [-0.2, 0) is 4.74 Å². The van der Waals surface area contributed by atoms with E-state index in [1.807, 2.05) is 12.1 Å². The first-order valence-electron chi connectivity index (χ1n) is 6.62. The highest BCUT2D eigenvalue weighted by Gasteiger charge is 2.27. The predicted octanol–water partition coefficient (Wildman–Crippen LogP) is 2.64. The van der Waals surface area contributed by atoms with Gasteiger partial charge in [-0.2, -0.15) is 4.98 Å². The SMILES string of the molecule is CC1(CNc2nc3ccc(N)cc3o2)CCOCC1. The summed E-state index contributed by atoms with van der Waals surface area (Å²) < 4.78 is 11.0. The average molecular weight is 261 g/mol. The smallest absolute Gasteiger partial charge is 0.295 e. The van der Waals surface area contributed by atoms with E-state index in [4.69, 9.17) is 14.9 Å². The van der Waals surface area contributed by atoms with Gasteiger partial charge in [0.05, 0.1) is 0 Å². The van der Waals surface area contributed by atoms with Gasteiger partial charge in [-0.3, -0.25) is 0 Å². The molecule has 1 fully saturated rings. The van der Waals surface area contributed by atoms with Crippen LogP contribution in [-0.4, -0.2) is 24.7 Å². The molecular formula is C14H19N3O2. The van der Waals surface area contributed by atoms with Crippen molar-refractivity contribution in [2.75, 3.05) is 30.8 Å². The molecule has 3 rings (SSSR count). The first kappa shape index (κ1) is 12.3. The Bertz CT molecular complexity index is 573. The number of oxazole rings is 1. The Morgan fingerprint density at radius 3 is 2.95 bits per heavy atom. The van der Waals surface area contributed by atoms with Crippen molar-refractivity contribution in [3.8, 4) is 0 Å². The zero-order valence-electron chi connectivity index (χ0n) is 11.1. The maximum atomic E-state index is 5.72. The molecule has 5 heteroatoms. The summed E-state index contributed by atoms with van der Waals surface area (Å²) in [5.74, 6) is 0. The van der Waals surface area contributed by atoms with E-state index in [1.165, 1.54) is 0 Å². The van der Waals surface area contributed by atoms with Crippen LogP contribution in [0.3, 0.4) is 0 Å². The highest BCUT2D eigenvalue weighted by Crippen LogP contribution is 2.30. The van der Waals surface area contributed by atoms with Crippen molar-refractivity contribution in [1.82, 2.24) is 4.98 Å². The Hall–Kier alpha value is -1.75. The Morgan fingerprint density at radius 1 is 1.37 bits per heavy atom. The van der Waals surface area contributed by atoms with Crippen molar-refractivity contribution in [1.29, 1.82) is 0 Å². The molecule has 102 valence electrons. The van der Waals surface area contributed by atoms with E-state index in [9.17, 15) is 0 Å². The van der Waals surface area contributed by atoms with E-state index in [1.54, 1.807) is 6.07 Å². The standard InChI is InChI=1S/C14H19N3O2/c1-14(4-6-18-7-5-14)9-16-13-17-11-3-2-10(15)8-12(11)19-13/h2-3,8H,4-7,9,15H2,1H3,(H,16,17). The van der Waals surface area contributed by atoms with Gasteiger partial charge in [0, 0.05) is 31.5 Å². The number of fused-ring (bicyclic) bond motifs is 1. The Morgan fingerprint density at radius 2 is 2.16 bits per heavy atom. The molecule has 0 radical (unpaired) electrons. The highest BCUT2D eigenvalue weighted by atomic mass is 16.5. The summed E-state index contributed by atoms with van der Waals surface area (Å²) in [4.78, 5) is 4.40. The van der Waals surface area contributed by atoms with Gasteiger partial charge in [-0.15, -0.1) is 0 Å². The van der Waals surface area contributed by atoms with Crippen LogP contribution in [0.4, 0.5) is 11.7 Å². The molecule has 0 atom stereocenters. The van der Waals surface area contributed by atoms with Crippen LogP contribution in [0, 0.1) is 5.41 Å². The minimum absolute atomic E-state index is 0.248. The molecule has 1 aliphatic heterocycles. The van der Waals surface area contributed by atoms with Crippen molar-refractivity contribution in [2.45, 2.75) is 19.8 Å². The fourth-order valence-electron chi connectivity index (χ4n) is 2.35. The number of aromatic nitrogens is 1. The molecule has 0 spiro atoms. The molecule has 0 amide bonds. The maximum Gasteiger partial charge on any atom is 0.295 e. The van der Waals surface area contributed by atoms with E-state index < -0.39 is 0 Å². The summed E-state index contributed by atoms with van der Waals surface area (Å²) in [7, 11) is 0. The van der Waals surface area contributed by atoms with Crippen molar-refractivity contribution in [2.24, 2.45) is 5.41 Å². The van der Waals surface area contributed by atoms with Crippen molar-refractivity contribution in [3.63, 3.8) is 0 Å². The number of nitrogens with two attached hydrogens (primary N) is 1. The largest absolute Gasteiger partial charge is 0.423 e. The van der Waals surface area contributed by atoms with E-state index in [0.717, 1.165) is 43.7 Å². The Labute approximate surface area is 112 Å². The van der Waals surface area contributed by atoms with Gasteiger partial charge in [-0.25, -0.2) is 0 Å². The molecule has 1 aromatic carbocycles. The molecular weight excluding hydrogens is 242 g/mol. The van der Waals surface area contributed by atoms with E-state index in [0.29, 0.717) is 11.7 Å². The zero-order chi connectivity index (χ0) is 13.3. The minimum atomic E-state index is 0.248. The van der Waals surface area contributed by atoms with Gasteiger partial charge in [-0.05, 0) is 30.4 Å². The Kier molecular flexibility index (Phi) is 3.06. The third-order valence-electron chi connectivity index (χ3n) is 3.78. The second-order valence-electron chi connectivity index (χ2n) is 5.52. The van der Waals surface area contributed by atoms with Crippen LogP contribution in [0.25, 0.3) is 11.1 Å². The number of nitrogen functional groups attached to an aromatic ring is 1. The molecule has 0 unspecified atom stereocenters. The first-order valence-corrected chi connectivity index (χ1v) is 6.62. The van der Waals surface area contributed by atoms with Gasteiger partial charge in [0.2, 0.25) is 0 Å². The molecule has 19 heavy (non-hydrogen) atoms. The third kappa shape index (κ3) is 2.66. The molecule has 2 heterocycles. The molecule has 3 N–H and O–H groups in total. The summed E-state index contributed by atoms with van der Waals surface area (Å²) in [6.07, 6.45) is 2.13. The number of benzene rings is 1. The van der Waals surface area contributed by atoms with Crippen LogP contribution in [0.1, 0.15) is 19.8 Å². The van der Waals surface area contributed by atoms with Gasteiger partial charge < -0.3 is 20.2 Å². The quantitative estimate of drug-likeness (QED) is 0.831. The number of nitrogens with one attached hydrogen (secondary N) is 1. The zero-order valence-corrected chi connectivity index (χ0v) is 11.1. The molecule has 0 aliphatic carbocycles. The third-order valence-corrected chi connectivity index (χ3v) is 3.78. The molecule has 1 aliphatic rings. The Balaban J connectivity index is 1.71. The number of ether oxygens (including phenoxy) is 1. The lowest BCUT2D eigenvalue weighted by molar-refractivity contribution is 0.0298. The molecule has 1 saturated heterocycles. The van der Waals surface area contributed by atoms with Gasteiger partial charge in [-0.1, -0.05) is 6.92 Å². The fourth-order valence-corrected chi connectivity index (χ4v) is 2.35.